The van der Waals surface area contributed by atoms with Crippen molar-refractivity contribution in [2.75, 3.05) is 12.8 Å². The number of carbonyl (C=O) groups excluding carboxylic acids is 1. The maximum absolute atomic E-state index is 11.7. The fourth-order valence-corrected chi connectivity index (χ4v) is 3.33. The van der Waals surface area contributed by atoms with Crippen LogP contribution in [0.2, 0.25) is 0 Å². The fraction of sp³-hybridized carbons (Fsp3) is 0.556. The molecule has 0 spiro atoms. The van der Waals surface area contributed by atoms with E-state index < -0.39 is 0 Å². The van der Waals surface area contributed by atoms with Gasteiger partial charge in [-0.3, -0.25) is 9.79 Å². The van der Waals surface area contributed by atoms with Crippen molar-refractivity contribution in [1.29, 1.82) is 0 Å². The van der Waals surface area contributed by atoms with Gasteiger partial charge in [-0.1, -0.05) is 32.1 Å². The molecule has 0 atom stereocenters. The zero-order valence-electron chi connectivity index (χ0n) is 13.4. The summed E-state index contributed by atoms with van der Waals surface area (Å²) in [4.78, 5) is 16.2. The molecular weight excluding hydrogens is 260 g/mol. The number of nitrogens with zero attached hydrogens (tertiary/aromatic N) is 1. The lowest BCUT2D eigenvalue weighted by molar-refractivity contribution is 0.101. The van der Waals surface area contributed by atoms with Crippen LogP contribution in [0.1, 0.15) is 66.9 Å². The summed E-state index contributed by atoms with van der Waals surface area (Å²) in [5.74, 6) is 0.747. The Bertz CT molecular complexity index is 555. The predicted molar refractivity (Wildman–Crippen MR) is 89.2 cm³/mol. The molecule has 2 N–H and O–H groups in total. The summed E-state index contributed by atoms with van der Waals surface area (Å²) in [7, 11) is 1.85. The topological polar surface area (TPSA) is 55.5 Å². The largest absolute Gasteiger partial charge is 0.398 e. The highest BCUT2D eigenvalue weighted by Gasteiger charge is 2.19. The van der Waals surface area contributed by atoms with Gasteiger partial charge in [0.1, 0.15) is 0 Å². The Labute approximate surface area is 127 Å². The molecular formula is C18H26N2O. The fourth-order valence-electron chi connectivity index (χ4n) is 3.33. The molecule has 0 unspecified atom stereocenters. The molecule has 1 aliphatic carbocycles. The Morgan fingerprint density at radius 1 is 1.24 bits per heavy atom. The van der Waals surface area contributed by atoms with E-state index in [1.165, 1.54) is 32.1 Å². The monoisotopic (exact) mass is 286 g/mol. The van der Waals surface area contributed by atoms with Crippen LogP contribution in [0, 0.1) is 12.8 Å². The van der Waals surface area contributed by atoms with Crippen LogP contribution in [-0.4, -0.2) is 18.5 Å². The van der Waals surface area contributed by atoms with Crippen molar-refractivity contribution in [1.82, 2.24) is 0 Å². The SMILES string of the molecule is CN=C(CC1CCCCC1)c1cc(C(C)=O)c(N)cc1C. The van der Waals surface area contributed by atoms with E-state index in [-0.39, 0.29) is 5.78 Å². The molecule has 2 rings (SSSR count). The number of carbonyl (C=O) groups is 1. The molecule has 0 radical (unpaired) electrons. The van der Waals surface area contributed by atoms with E-state index in [1.54, 1.807) is 6.92 Å². The molecule has 0 aromatic heterocycles. The molecule has 1 saturated carbocycles. The van der Waals surface area contributed by atoms with Gasteiger partial charge in [-0.2, -0.15) is 0 Å². The average molecular weight is 286 g/mol. The van der Waals surface area contributed by atoms with Crippen LogP contribution < -0.4 is 5.73 Å². The van der Waals surface area contributed by atoms with Crippen molar-refractivity contribution in [3.8, 4) is 0 Å². The van der Waals surface area contributed by atoms with E-state index in [4.69, 9.17) is 5.73 Å². The van der Waals surface area contributed by atoms with E-state index in [1.807, 2.05) is 26.1 Å². The van der Waals surface area contributed by atoms with Gasteiger partial charge in [-0.05, 0) is 49.4 Å². The van der Waals surface area contributed by atoms with Crippen molar-refractivity contribution in [3.05, 3.63) is 28.8 Å². The lowest BCUT2D eigenvalue weighted by Crippen LogP contribution is -2.15. The van der Waals surface area contributed by atoms with Gasteiger partial charge in [0.25, 0.3) is 0 Å². The third kappa shape index (κ3) is 3.72. The molecule has 0 amide bonds. The first kappa shape index (κ1) is 15.7. The minimum atomic E-state index is 0.0156. The Hall–Kier alpha value is -1.64. The molecule has 1 fully saturated rings. The van der Waals surface area contributed by atoms with Gasteiger partial charge in [0.05, 0.1) is 0 Å². The van der Waals surface area contributed by atoms with Gasteiger partial charge in [0, 0.05) is 24.0 Å². The third-order valence-electron chi connectivity index (χ3n) is 4.56. The van der Waals surface area contributed by atoms with Crippen LogP contribution in [0.4, 0.5) is 5.69 Å². The summed E-state index contributed by atoms with van der Waals surface area (Å²) >= 11 is 0. The number of rotatable bonds is 4. The molecule has 114 valence electrons. The highest BCUT2D eigenvalue weighted by molar-refractivity contribution is 6.06. The van der Waals surface area contributed by atoms with Crippen molar-refractivity contribution in [3.63, 3.8) is 0 Å². The molecule has 1 aromatic carbocycles. The van der Waals surface area contributed by atoms with Crippen molar-refractivity contribution in [2.45, 2.75) is 52.4 Å². The molecule has 0 heterocycles. The lowest BCUT2D eigenvalue weighted by atomic mass is 9.83. The van der Waals surface area contributed by atoms with E-state index in [2.05, 4.69) is 4.99 Å². The van der Waals surface area contributed by atoms with Gasteiger partial charge in [-0.25, -0.2) is 0 Å². The number of benzene rings is 1. The van der Waals surface area contributed by atoms with Gasteiger partial charge in [0.15, 0.2) is 5.78 Å². The second kappa shape index (κ2) is 6.88. The molecule has 3 nitrogen and oxygen atoms in total. The first-order chi connectivity index (χ1) is 10.0. The summed E-state index contributed by atoms with van der Waals surface area (Å²) in [5.41, 5.74) is 10.4. The van der Waals surface area contributed by atoms with Gasteiger partial charge in [0.2, 0.25) is 0 Å². The molecule has 1 aromatic rings. The number of Topliss-reactive ketones (excluding diaryl/α,β-unsaturated/α-hetero) is 1. The number of hydrogen-bond donors (Lipinski definition) is 1. The number of nitrogen functional groups attached to an aromatic ring is 1. The number of aryl methyl sites for hydroxylation is 1. The standard InChI is InChI=1S/C18H26N2O/c1-12-9-17(19)16(13(2)21)11-15(12)18(20-3)10-14-7-5-4-6-8-14/h9,11,14H,4-8,10,19H2,1-3H3. The van der Waals surface area contributed by atoms with Gasteiger partial charge < -0.3 is 5.73 Å². The summed E-state index contributed by atoms with van der Waals surface area (Å²) in [6, 6.07) is 3.83. The maximum Gasteiger partial charge on any atom is 0.161 e. The van der Waals surface area contributed by atoms with E-state index in [0.29, 0.717) is 11.3 Å². The highest BCUT2D eigenvalue weighted by Crippen LogP contribution is 2.29. The highest BCUT2D eigenvalue weighted by atomic mass is 16.1. The number of hydrogen-bond acceptors (Lipinski definition) is 3. The van der Waals surface area contributed by atoms with E-state index in [0.717, 1.165) is 29.2 Å². The van der Waals surface area contributed by atoms with Crippen LogP contribution in [0.25, 0.3) is 0 Å². The quantitative estimate of drug-likeness (QED) is 0.513. The summed E-state index contributed by atoms with van der Waals surface area (Å²) in [6.07, 6.45) is 7.64. The van der Waals surface area contributed by atoms with Crippen molar-refractivity contribution >= 4 is 17.2 Å². The molecule has 3 heteroatoms. The summed E-state index contributed by atoms with van der Waals surface area (Å²) in [6.45, 7) is 3.61. The summed E-state index contributed by atoms with van der Waals surface area (Å²) in [5, 5.41) is 0. The number of anilines is 1. The molecule has 0 saturated heterocycles. The Morgan fingerprint density at radius 2 is 1.90 bits per heavy atom. The average Bonchev–Trinajstić information content (AvgIpc) is 2.46. The first-order valence-corrected chi connectivity index (χ1v) is 7.90. The maximum atomic E-state index is 11.7. The number of aliphatic imine (C=N–C) groups is 1. The third-order valence-corrected chi connectivity index (χ3v) is 4.56. The minimum absolute atomic E-state index is 0.0156. The normalized spacial score (nSPS) is 17.0. The van der Waals surface area contributed by atoms with E-state index >= 15 is 0 Å². The number of ketones is 1. The van der Waals surface area contributed by atoms with Crippen LogP contribution in [0.5, 0.6) is 0 Å². The molecule has 0 bridgehead atoms. The Balaban J connectivity index is 2.29. The van der Waals surface area contributed by atoms with Crippen LogP contribution in [0.15, 0.2) is 17.1 Å². The zero-order valence-corrected chi connectivity index (χ0v) is 13.4. The van der Waals surface area contributed by atoms with Gasteiger partial charge >= 0.3 is 0 Å². The molecule has 0 aliphatic heterocycles. The van der Waals surface area contributed by atoms with Crippen molar-refractivity contribution in [2.24, 2.45) is 10.9 Å². The van der Waals surface area contributed by atoms with Crippen LogP contribution >= 0.6 is 0 Å². The zero-order chi connectivity index (χ0) is 15.4. The lowest BCUT2D eigenvalue weighted by Gasteiger charge is -2.23. The van der Waals surface area contributed by atoms with E-state index in [9.17, 15) is 4.79 Å². The molecule has 1 aliphatic rings. The summed E-state index contributed by atoms with van der Waals surface area (Å²) < 4.78 is 0. The van der Waals surface area contributed by atoms with Crippen LogP contribution in [0.3, 0.4) is 0 Å². The predicted octanol–water partition coefficient (Wildman–Crippen LogP) is 4.17. The number of nitrogens with two attached hydrogens (primary N) is 1. The van der Waals surface area contributed by atoms with Crippen molar-refractivity contribution < 1.29 is 4.79 Å². The van der Waals surface area contributed by atoms with Gasteiger partial charge in [-0.15, -0.1) is 0 Å². The molecule has 21 heavy (non-hydrogen) atoms. The second-order valence-corrected chi connectivity index (χ2v) is 6.19. The Morgan fingerprint density at radius 3 is 2.48 bits per heavy atom. The minimum Gasteiger partial charge on any atom is -0.398 e. The second-order valence-electron chi connectivity index (χ2n) is 6.19. The van der Waals surface area contributed by atoms with Crippen LogP contribution in [-0.2, 0) is 0 Å². The first-order valence-electron chi connectivity index (χ1n) is 7.90. The Kier molecular flexibility index (Phi) is 5.16. The smallest absolute Gasteiger partial charge is 0.161 e.